The zero-order chi connectivity index (χ0) is 18.8. The summed E-state index contributed by atoms with van der Waals surface area (Å²) < 4.78 is 10.8. The van der Waals surface area contributed by atoms with E-state index in [9.17, 15) is 0 Å². The molecule has 7 heteroatoms. The number of nitrogens with zero attached hydrogens (tertiary/aromatic N) is 3. The highest BCUT2D eigenvalue weighted by molar-refractivity contribution is 5.94. The van der Waals surface area contributed by atoms with E-state index in [1.807, 2.05) is 59.5 Å². The van der Waals surface area contributed by atoms with Crippen molar-refractivity contribution in [2.75, 3.05) is 24.9 Å². The number of nitrogens with one attached hydrogen (secondary N) is 1. The third-order valence-corrected chi connectivity index (χ3v) is 4.31. The van der Waals surface area contributed by atoms with E-state index < -0.39 is 0 Å². The maximum atomic E-state index is 6.23. The van der Waals surface area contributed by atoms with Crippen molar-refractivity contribution in [1.82, 2.24) is 15.2 Å². The van der Waals surface area contributed by atoms with Crippen molar-refractivity contribution >= 4 is 33.9 Å². The number of hydrogen-bond donors (Lipinski definition) is 2. The van der Waals surface area contributed by atoms with Gasteiger partial charge >= 0.3 is 0 Å². The third kappa shape index (κ3) is 3.10. The number of hydrogen-bond acceptors (Lipinski definition) is 6. The lowest BCUT2D eigenvalue weighted by Gasteiger charge is -2.24. The quantitative estimate of drug-likeness (QED) is 0.558. The summed E-state index contributed by atoms with van der Waals surface area (Å²) in [6.07, 6.45) is 1.68. The Balaban J connectivity index is 1.94. The summed E-state index contributed by atoms with van der Waals surface area (Å²) >= 11 is 0. The molecule has 0 unspecified atom stereocenters. The Kier molecular flexibility index (Phi) is 4.25. The molecule has 0 aliphatic rings. The average molecular weight is 361 g/mol. The molecule has 0 aliphatic carbocycles. The van der Waals surface area contributed by atoms with Crippen LogP contribution in [0.3, 0.4) is 0 Å². The standard InChI is InChI=1S/C20H19N5O2/c1-26-15-10-14(11-16(12-15)27-2)25(18-7-8-22-24-18)19-9-13-5-3-4-6-17(13)20(21)23-19/h3-12H,1-2H3,(H2,21,23)(H,22,24). The second-order valence-corrected chi connectivity index (χ2v) is 5.93. The molecule has 136 valence electrons. The zero-order valence-corrected chi connectivity index (χ0v) is 15.0. The normalized spacial score (nSPS) is 10.7. The van der Waals surface area contributed by atoms with Gasteiger partial charge in [0.2, 0.25) is 0 Å². The number of fused-ring (bicyclic) bond motifs is 1. The summed E-state index contributed by atoms with van der Waals surface area (Å²) in [5.41, 5.74) is 7.03. The summed E-state index contributed by atoms with van der Waals surface area (Å²) in [6, 6.07) is 17.3. The number of anilines is 4. The van der Waals surface area contributed by atoms with Crippen LogP contribution in [0.15, 0.2) is 60.8 Å². The Morgan fingerprint density at radius 3 is 2.37 bits per heavy atom. The highest BCUT2D eigenvalue weighted by atomic mass is 16.5. The van der Waals surface area contributed by atoms with Gasteiger partial charge in [0.1, 0.15) is 29.0 Å². The minimum atomic E-state index is 0.461. The van der Waals surface area contributed by atoms with Gasteiger partial charge in [-0.2, -0.15) is 5.10 Å². The first-order valence-electron chi connectivity index (χ1n) is 8.37. The molecule has 0 spiro atoms. The molecule has 4 aromatic rings. The zero-order valence-electron chi connectivity index (χ0n) is 15.0. The Bertz CT molecular complexity index is 1060. The summed E-state index contributed by atoms with van der Waals surface area (Å²) in [4.78, 5) is 6.54. The Hall–Kier alpha value is -3.74. The lowest BCUT2D eigenvalue weighted by Crippen LogP contribution is -2.13. The van der Waals surface area contributed by atoms with Crippen LogP contribution >= 0.6 is 0 Å². The second-order valence-electron chi connectivity index (χ2n) is 5.93. The summed E-state index contributed by atoms with van der Waals surface area (Å²) in [6.45, 7) is 0. The van der Waals surface area contributed by atoms with Gasteiger partial charge in [-0.05, 0) is 11.5 Å². The van der Waals surface area contributed by atoms with Crippen LogP contribution in [0.2, 0.25) is 0 Å². The largest absolute Gasteiger partial charge is 0.497 e. The Morgan fingerprint density at radius 2 is 1.70 bits per heavy atom. The van der Waals surface area contributed by atoms with Gasteiger partial charge in [0, 0.05) is 29.7 Å². The number of nitrogen functional groups attached to an aromatic ring is 1. The molecule has 7 nitrogen and oxygen atoms in total. The van der Waals surface area contributed by atoms with Gasteiger partial charge < -0.3 is 15.2 Å². The molecular formula is C20H19N5O2. The SMILES string of the molecule is COc1cc(OC)cc(N(c2cc3ccccc3c(N)n2)c2ccn[nH]2)c1. The van der Waals surface area contributed by atoms with Gasteiger partial charge in [0.15, 0.2) is 0 Å². The monoisotopic (exact) mass is 361 g/mol. The van der Waals surface area contributed by atoms with E-state index >= 15 is 0 Å². The van der Waals surface area contributed by atoms with Crippen molar-refractivity contribution in [3.8, 4) is 11.5 Å². The van der Waals surface area contributed by atoms with E-state index in [1.165, 1.54) is 0 Å². The number of pyridine rings is 1. The first kappa shape index (κ1) is 16.7. The van der Waals surface area contributed by atoms with E-state index in [0.717, 1.165) is 22.3 Å². The van der Waals surface area contributed by atoms with Crippen LogP contribution in [0, 0.1) is 0 Å². The number of methoxy groups -OCH3 is 2. The first-order valence-corrected chi connectivity index (χ1v) is 8.37. The Morgan fingerprint density at radius 1 is 0.963 bits per heavy atom. The number of rotatable bonds is 5. The molecule has 3 N–H and O–H groups in total. The van der Waals surface area contributed by atoms with Crippen LogP contribution < -0.4 is 20.1 Å². The third-order valence-electron chi connectivity index (χ3n) is 4.31. The summed E-state index contributed by atoms with van der Waals surface area (Å²) in [5.74, 6) is 3.20. The predicted molar refractivity (Wildman–Crippen MR) is 106 cm³/mol. The topological polar surface area (TPSA) is 89.3 Å². The molecule has 2 heterocycles. The fourth-order valence-corrected chi connectivity index (χ4v) is 3.02. The first-order chi connectivity index (χ1) is 13.2. The van der Waals surface area contributed by atoms with Crippen LogP contribution in [0.1, 0.15) is 0 Å². The average Bonchev–Trinajstić information content (AvgIpc) is 3.22. The number of nitrogens with two attached hydrogens (primary N) is 1. The second kappa shape index (κ2) is 6.87. The number of H-pyrrole nitrogens is 1. The van der Waals surface area contributed by atoms with Crippen LogP contribution in [0.5, 0.6) is 11.5 Å². The molecule has 0 fully saturated rings. The molecule has 0 bridgehead atoms. The molecule has 2 aromatic carbocycles. The fraction of sp³-hybridized carbons (Fsp3) is 0.100. The molecule has 0 atom stereocenters. The van der Waals surface area contributed by atoms with Gasteiger partial charge in [-0.25, -0.2) is 4.98 Å². The molecular weight excluding hydrogens is 342 g/mol. The van der Waals surface area contributed by atoms with Gasteiger partial charge in [-0.1, -0.05) is 24.3 Å². The molecule has 0 amide bonds. The Labute approximate surface area is 156 Å². The minimum Gasteiger partial charge on any atom is -0.497 e. The highest BCUT2D eigenvalue weighted by Crippen LogP contribution is 2.38. The minimum absolute atomic E-state index is 0.461. The van der Waals surface area contributed by atoms with Crippen molar-refractivity contribution in [3.63, 3.8) is 0 Å². The molecule has 2 aromatic heterocycles. The predicted octanol–water partition coefficient (Wildman–Crippen LogP) is 4.03. The van der Waals surface area contributed by atoms with Gasteiger partial charge in [0.05, 0.1) is 26.1 Å². The van der Waals surface area contributed by atoms with Crippen molar-refractivity contribution < 1.29 is 9.47 Å². The molecule has 0 saturated carbocycles. The maximum Gasteiger partial charge on any atom is 0.141 e. The van der Waals surface area contributed by atoms with E-state index in [1.54, 1.807) is 20.4 Å². The van der Waals surface area contributed by atoms with Crippen molar-refractivity contribution in [2.45, 2.75) is 0 Å². The maximum absolute atomic E-state index is 6.23. The van der Waals surface area contributed by atoms with Gasteiger partial charge in [0.25, 0.3) is 0 Å². The molecule has 0 aliphatic heterocycles. The van der Waals surface area contributed by atoms with E-state index in [2.05, 4.69) is 15.2 Å². The molecule has 0 radical (unpaired) electrons. The smallest absolute Gasteiger partial charge is 0.141 e. The van der Waals surface area contributed by atoms with Crippen LogP contribution in [-0.2, 0) is 0 Å². The fourth-order valence-electron chi connectivity index (χ4n) is 3.02. The number of aromatic nitrogens is 3. The molecule has 27 heavy (non-hydrogen) atoms. The lowest BCUT2D eigenvalue weighted by molar-refractivity contribution is 0.394. The van der Waals surface area contributed by atoms with Crippen LogP contribution in [-0.4, -0.2) is 29.4 Å². The van der Waals surface area contributed by atoms with E-state index in [-0.39, 0.29) is 0 Å². The number of aromatic amines is 1. The van der Waals surface area contributed by atoms with E-state index in [0.29, 0.717) is 23.1 Å². The molecule has 4 rings (SSSR count). The number of benzene rings is 2. The number of ether oxygens (including phenoxy) is 2. The van der Waals surface area contributed by atoms with E-state index in [4.69, 9.17) is 15.2 Å². The highest BCUT2D eigenvalue weighted by Gasteiger charge is 2.18. The molecule has 0 saturated heterocycles. The lowest BCUT2D eigenvalue weighted by atomic mass is 10.1. The van der Waals surface area contributed by atoms with Crippen LogP contribution in [0.4, 0.5) is 23.1 Å². The van der Waals surface area contributed by atoms with Crippen molar-refractivity contribution in [1.29, 1.82) is 0 Å². The summed E-state index contributed by atoms with van der Waals surface area (Å²) in [5, 5.41) is 8.98. The van der Waals surface area contributed by atoms with Crippen molar-refractivity contribution in [3.05, 3.63) is 60.8 Å². The van der Waals surface area contributed by atoms with Crippen LogP contribution in [0.25, 0.3) is 10.8 Å². The van der Waals surface area contributed by atoms with Gasteiger partial charge in [-0.3, -0.25) is 10.00 Å². The van der Waals surface area contributed by atoms with Gasteiger partial charge in [-0.15, -0.1) is 0 Å². The summed E-state index contributed by atoms with van der Waals surface area (Å²) in [7, 11) is 3.23. The van der Waals surface area contributed by atoms with Crippen molar-refractivity contribution in [2.24, 2.45) is 0 Å².